The van der Waals surface area contributed by atoms with Crippen LogP contribution in [0.5, 0.6) is 0 Å². The van der Waals surface area contributed by atoms with Crippen LogP contribution in [0.15, 0.2) is 16.1 Å². The van der Waals surface area contributed by atoms with Gasteiger partial charge in [-0.25, -0.2) is 0 Å². The molecule has 278 valence electrons. The van der Waals surface area contributed by atoms with Crippen molar-refractivity contribution in [3.63, 3.8) is 0 Å². The minimum Gasteiger partial charge on any atom is -0.466 e. The lowest BCUT2D eigenvalue weighted by Gasteiger charge is -2.58. The molecule has 3 nitrogen and oxygen atoms in total. The van der Waals surface area contributed by atoms with Crippen LogP contribution in [0.25, 0.3) is 0 Å². The van der Waals surface area contributed by atoms with Gasteiger partial charge in [0.15, 0.2) is 0 Å². The highest BCUT2D eigenvalue weighted by Crippen LogP contribution is 2.67. The first-order valence-electron chi connectivity index (χ1n) is 21.4. The Morgan fingerprint density at radius 1 is 0.837 bits per heavy atom. The van der Waals surface area contributed by atoms with Gasteiger partial charge in [0.05, 0.1) is 0 Å². The maximum atomic E-state index is 12.9. The third-order valence-corrected chi connectivity index (χ3v) is 15.0. The number of hydrogen-bond acceptors (Lipinski definition) is 3. The molecule has 0 spiro atoms. The summed E-state index contributed by atoms with van der Waals surface area (Å²) < 4.78 is 12.4. The van der Waals surface area contributed by atoms with Gasteiger partial charge in [0.2, 0.25) is 0 Å². The summed E-state index contributed by atoms with van der Waals surface area (Å²) in [6, 6.07) is 0. The molecule has 0 radical (unpaired) electrons. The Kier molecular flexibility index (Phi) is 13.7. The van der Waals surface area contributed by atoms with Crippen LogP contribution in [0.3, 0.4) is 0 Å². The van der Waals surface area contributed by atoms with E-state index in [2.05, 4.69) is 61.5 Å². The average Bonchev–Trinajstić information content (AvgIpc) is 3.56. The zero-order chi connectivity index (χ0) is 35.2. The Balaban J connectivity index is 1.02. The summed E-state index contributed by atoms with van der Waals surface area (Å²) in [6.07, 6.45) is 29.3. The highest BCUT2D eigenvalue weighted by Gasteiger charge is 2.59. The molecule has 4 aliphatic rings. The lowest BCUT2D eigenvalue weighted by molar-refractivity contribution is -0.151. The molecule has 0 bridgehead atoms. The second-order valence-electron chi connectivity index (χ2n) is 18.6. The number of furan rings is 1. The maximum absolute atomic E-state index is 12.9. The number of fused-ring (bicyclic) bond motifs is 5. The first-order chi connectivity index (χ1) is 23.5. The molecule has 4 aliphatic carbocycles. The molecular formula is C46H76O3. The maximum Gasteiger partial charge on any atom is 0.306 e. The smallest absolute Gasteiger partial charge is 0.306 e. The number of aryl methyl sites for hydroxylation is 2. The number of rotatable bonds is 18. The second-order valence-corrected chi connectivity index (χ2v) is 18.6. The predicted molar refractivity (Wildman–Crippen MR) is 206 cm³/mol. The SMILES string of the molecule is CCCCCc1oc(CCCCCCCC(=O)OC2CCC3(C)C(=CCC4C3CCC3(C)C(C(C)CCCC(C)C)CCC43)C2)c(C)c1C. The molecule has 0 N–H and O–H groups in total. The van der Waals surface area contributed by atoms with Gasteiger partial charge < -0.3 is 9.15 Å². The van der Waals surface area contributed by atoms with Crippen molar-refractivity contribution in [3.05, 3.63) is 34.3 Å². The van der Waals surface area contributed by atoms with E-state index in [1.165, 1.54) is 119 Å². The van der Waals surface area contributed by atoms with Crippen LogP contribution in [0.4, 0.5) is 0 Å². The van der Waals surface area contributed by atoms with Crippen molar-refractivity contribution < 1.29 is 13.9 Å². The van der Waals surface area contributed by atoms with E-state index in [1.54, 1.807) is 5.57 Å². The minimum atomic E-state index is 0.0353. The third kappa shape index (κ3) is 8.93. The largest absolute Gasteiger partial charge is 0.466 e. The predicted octanol–water partition coefficient (Wildman–Crippen LogP) is 13.5. The molecule has 3 fully saturated rings. The minimum absolute atomic E-state index is 0.0353. The fourth-order valence-corrected chi connectivity index (χ4v) is 11.8. The Hall–Kier alpha value is -1.51. The van der Waals surface area contributed by atoms with Crippen molar-refractivity contribution in [1.82, 2.24) is 0 Å². The van der Waals surface area contributed by atoms with E-state index < -0.39 is 0 Å². The molecule has 0 saturated heterocycles. The first kappa shape index (κ1) is 38.7. The number of unbranched alkanes of at least 4 members (excludes halogenated alkanes) is 6. The number of ether oxygens (including phenoxy) is 1. The molecule has 8 unspecified atom stereocenters. The van der Waals surface area contributed by atoms with E-state index in [-0.39, 0.29) is 12.1 Å². The van der Waals surface area contributed by atoms with E-state index in [0.717, 1.165) is 74.0 Å². The highest BCUT2D eigenvalue weighted by atomic mass is 16.5. The van der Waals surface area contributed by atoms with Crippen molar-refractivity contribution >= 4 is 5.97 Å². The summed E-state index contributed by atoms with van der Waals surface area (Å²) in [5, 5.41) is 0. The van der Waals surface area contributed by atoms with Gasteiger partial charge in [-0.1, -0.05) is 105 Å². The molecule has 0 aromatic carbocycles. The van der Waals surface area contributed by atoms with E-state index in [9.17, 15) is 4.79 Å². The Morgan fingerprint density at radius 3 is 2.24 bits per heavy atom. The zero-order valence-corrected chi connectivity index (χ0v) is 33.4. The third-order valence-electron chi connectivity index (χ3n) is 15.0. The van der Waals surface area contributed by atoms with E-state index >= 15 is 0 Å². The summed E-state index contributed by atoms with van der Waals surface area (Å²) in [7, 11) is 0. The molecule has 3 heteroatoms. The molecule has 1 aromatic heterocycles. The highest BCUT2D eigenvalue weighted by molar-refractivity contribution is 5.69. The molecule has 0 aliphatic heterocycles. The second kappa shape index (κ2) is 17.3. The molecular weight excluding hydrogens is 601 g/mol. The summed E-state index contributed by atoms with van der Waals surface area (Å²) in [5.74, 6) is 7.66. The molecule has 49 heavy (non-hydrogen) atoms. The van der Waals surface area contributed by atoms with Gasteiger partial charge in [-0.2, -0.15) is 0 Å². The monoisotopic (exact) mass is 677 g/mol. The van der Waals surface area contributed by atoms with Gasteiger partial charge in [-0.3, -0.25) is 4.79 Å². The lowest BCUT2D eigenvalue weighted by Crippen LogP contribution is -2.51. The molecule has 3 saturated carbocycles. The first-order valence-corrected chi connectivity index (χ1v) is 21.4. The van der Waals surface area contributed by atoms with Gasteiger partial charge in [-0.05, 0) is 136 Å². The van der Waals surface area contributed by atoms with Crippen LogP contribution in [0, 0.1) is 60.2 Å². The Labute approximate surface area is 302 Å². The summed E-state index contributed by atoms with van der Waals surface area (Å²) in [6.45, 7) is 19.3. The number of carbonyl (C=O) groups excluding carboxylic acids is 1. The van der Waals surface area contributed by atoms with Gasteiger partial charge in [0.1, 0.15) is 17.6 Å². The lowest BCUT2D eigenvalue weighted by atomic mass is 9.47. The standard InChI is InChI=1S/C46H76O3/c1-9-10-14-20-42-34(5)35(6)43(49-42)21-15-12-11-13-16-22-44(47)48-37-27-29-45(7)36(31-37)23-24-38-40-26-25-39(33(4)19-17-18-32(2)3)46(40,8)30-28-41(38)45/h23,32-33,37-41H,9-22,24-31H2,1-8H3. The van der Waals surface area contributed by atoms with Crippen LogP contribution in [0.1, 0.15) is 193 Å². The summed E-state index contributed by atoms with van der Waals surface area (Å²) in [4.78, 5) is 12.9. The summed E-state index contributed by atoms with van der Waals surface area (Å²) in [5.41, 5.74) is 5.23. The number of carbonyl (C=O) groups is 1. The Bertz CT molecular complexity index is 1240. The van der Waals surface area contributed by atoms with Crippen molar-refractivity contribution in [2.45, 2.75) is 203 Å². The van der Waals surface area contributed by atoms with Crippen LogP contribution >= 0.6 is 0 Å². The molecule has 8 atom stereocenters. The van der Waals surface area contributed by atoms with Crippen molar-refractivity contribution in [2.75, 3.05) is 0 Å². The normalized spacial score (nSPS) is 31.6. The Morgan fingerprint density at radius 2 is 1.53 bits per heavy atom. The van der Waals surface area contributed by atoms with Crippen LogP contribution < -0.4 is 0 Å². The van der Waals surface area contributed by atoms with E-state index in [1.807, 2.05) is 0 Å². The number of hydrogen-bond donors (Lipinski definition) is 0. The number of allylic oxidation sites excluding steroid dienone is 1. The quantitative estimate of drug-likeness (QED) is 0.0882. The van der Waals surface area contributed by atoms with Crippen molar-refractivity contribution in [3.8, 4) is 0 Å². The average molecular weight is 677 g/mol. The molecule has 5 rings (SSSR count). The van der Waals surface area contributed by atoms with Crippen LogP contribution in [-0.2, 0) is 22.4 Å². The zero-order valence-electron chi connectivity index (χ0n) is 33.4. The fraction of sp³-hybridized carbons (Fsp3) is 0.848. The summed E-state index contributed by atoms with van der Waals surface area (Å²) >= 11 is 0. The number of esters is 1. The van der Waals surface area contributed by atoms with E-state index in [4.69, 9.17) is 9.15 Å². The van der Waals surface area contributed by atoms with Crippen LogP contribution in [0.2, 0.25) is 0 Å². The molecule has 1 heterocycles. The van der Waals surface area contributed by atoms with Crippen molar-refractivity contribution in [2.24, 2.45) is 46.3 Å². The topological polar surface area (TPSA) is 39.4 Å². The van der Waals surface area contributed by atoms with Crippen molar-refractivity contribution in [1.29, 1.82) is 0 Å². The van der Waals surface area contributed by atoms with Gasteiger partial charge in [0.25, 0.3) is 0 Å². The van der Waals surface area contributed by atoms with E-state index in [0.29, 0.717) is 17.3 Å². The van der Waals surface area contributed by atoms with Gasteiger partial charge in [0, 0.05) is 25.7 Å². The van der Waals surface area contributed by atoms with Gasteiger partial charge in [-0.15, -0.1) is 0 Å². The van der Waals surface area contributed by atoms with Gasteiger partial charge >= 0.3 is 5.97 Å². The molecule has 0 amide bonds. The molecule has 1 aromatic rings. The van der Waals surface area contributed by atoms with Crippen LogP contribution in [-0.4, -0.2) is 12.1 Å². The fourth-order valence-electron chi connectivity index (χ4n) is 11.8.